The number of aromatic nitrogens is 3. The fourth-order valence-corrected chi connectivity index (χ4v) is 2.96. The van der Waals surface area contributed by atoms with Crippen LogP contribution in [0.15, 0.2) is 30.5 Å². The van der Waals surface area contributed by atoms with Crippen LogP contribution in [-0.4, -0.2) is 23.4 Å². The summed E-state index contributed by atoms with van der Waals surface area (Å²) in [5, 5.41) is 0.745. The number of pyridine rings is 1. The molecule has 0 spiro atoms. The van der Waals surface area contributed by atoms with E-state index in [2.05, 4.69) is 19.7 Å². The van der Waals surface area contributed by atoms with Crippen molar-refractivity contribution in [2.24, 2.45) is 0 Å². The van der Waals surface area contributed by atoms with E-state index in [1.165, 1.54) is 6.20 Å². The van der Waals surface area contributed by atoms with Crippen molar-refractivity contribution >= 4 is 27.6 Å². The minimum atomic E-state index is -2.75. The van der Waals surface area contributed by atoms with Gasteiger partial charge in [-0.15, -0.1) is 0 Å². The molecule has 0 aliphatic carbocycles. The van der Waals surface area contributed by atoms with Gasteiger partial charge in [-0.3, -0.25) is 4.72 Å². The molecule has 8 heteroatoms. The minimum Gasteiger partial charge on any atom is -0.270 e. The fraction of sp³-hybridized carbons (Fsp3) is 0.188. The largest absolute Gasteiger partial charge is 0.309 e. The zero-order valence-electron chi connectivity index (χ0n) is 13.1. The first kappa shape index (κ1) is 16.3. The van der Waals surface area contributed by atoms with Crippen molar-refractivity contribution in [3.63, 3.8) is 0 Å². The van der Waals surface area contributed by atoms with E-state index in [0.717, 1.165) is 22.1 Å². The lowest BCUT2D eigenvalue weighted by molar-refractivity contribution is 0.544. The molecule has 24 heavy (non-hydrogen) atoms. The monoisotopic (exact) mass is 346 g/mol. The Morgan fingerprint density at radius 2 is 2.00 bits per heavy atom. The average Bonchev–Trinajstić information content (AvgIpc) is 2.53. The zero-order chi connectivity index (χ0) is 17.3. The van der Waals surface area contributed by atoms with Gasteiger partial charge in [-0.1, -0.05) is 6.92 Å². The summed E-state index contributed by atoms with van der Waals surface area (Å²) < 4.78 is 37.0. The van der Waals surface area contributed by atoms with E-state index in [0.29, 0.717) is 17.6 Å². The maximum Gasteiger partial charge on any atom is 0.309 e. The molecule has 124 valence electrons. The molecule has 0 atom stereocenters. The van der Waals surface area contributed by atoms with Crippen LogP contribution in [0.4, 0.5) is 10.2 Å². The van der Waals surface area contributed by atoms with E-state index in [4.69, 9.17) is 0 Å². The standard InChI is InChI=1S/C16H15FN4O2S/c1-3-10-6-11(7-12-8-18-16(17)20-15(10)12)13-4-5-14(19-9(13)2)21-24(22)23/h4-8,24H,3H2,1-2H3,(H,19,21,22,23). The van der Waals surface area contributed by atoms with Gasteiger partial charge >= 0.3 is 6.08 Å². The van der Waals surface area contributed by atoms with E-state index in [-0.39, 0.29) is 5.82 Å². The second kappa shape index (κ2) is 6.48. The summed E-state index contributed by atoms with van der Waals surface area (Å²) in [7, 11) is -2.75. The van der Waals surface area contributed by atoms with Gasteiger partial charge < -0.3 is 0 Å². The number of fused-ring (bicyclic) bond motifs is 1. The highest BCUT2D eigenvalue weighted by Gasteiger charge is 2.11. The van der Waals surface area contributed by atoms with Crippen molar-refractivity contribution in [1.29, 1.82) is 0 Å². The van der Waals surface area contributed by atoms with Crippen molar-refractivity contribution in [2.75, 3.05) is 4.72 Å². The first-order chi connectivity index (χ1) is 11.5. The zero-order valence-corrected chi connectivity index (χ0v) is 14.0. The molecule has 0 fully saturated rings. The Bertz CT molecular complexity index is 997. The summed E-state index contributed by atoms with van der Waals surface area (Å²) in [6, 6.07) is 7.22. The quantitative estimate of drug-likeness (QED) is 0.560. The molecule has 0 aliphatic heterocycles. The normalized spacial score (nSPS) is 11.2. The van der Waals surface area contributed by atoms with Crippen molar-refractivity contribution in [3.8, 4) is 11.1 Å². The first-order valence-corrected chi connectivity index (χ1v) is 8.50. The van der Waals surface area contributed by atoms with Gasteiger partial charge in [-0.25, -0.2) is 23.4 Å². The fourth-order valence-electron chi connectivity index (χ4n) is 2.64. The van der Waals surface area contributed by atoms with Crippen LogP contribution in [-0.2, 0) is 17.3 Å². The van der Waals surface area contributed by atoms with Crippen LogP contribution < -0.4 is 4.72 Å². The van der Waals surface area contributed by atoms with Crippen LogP contribution >= 0.6 is 0 Å². The molecular weight excluding hydrogens is 331 g/mol. The number of nitrogens with one attached hydrogen (secondary N) is 1. The molecule has 0 bridgehead atoms. The van der Waals surface area contributed by atoms with Gasteiger partial charge in [0.1, 0.15) is 5.82 Å². The third-order valence-electron chi connectivity index (χ3n) is 3.72. The Morgan fingerprint density at radius 3 is 2.67 bits per heavy atom. The molecule has 0 radical (unpaired) electrons. The highest BCUT2D eigenvalue weighted by molar-refractivity contribution is 7.73. The second-order valence-electron chi connectivity index (χ2n) is 5.26. The lowest BCUT2D eigenvalue weighted by Crippen LogP contribution is -2.00. The number of halogens is 1. The maximum atomic E-state index is 13.3. The van der Waals surface area contributed by atoms with Gasteiger partial charge in [0.25, 0.3) is 0 Å². The van der Waals surface area contributed by atoms with Crippen LogP contribution in [0, 0.1) is 13.0 Å². The molecule has 6 nitrogen and oxygen atoms in total. The summed E-state index contributed by atoms with van der Waals surface area (Å²) >= 11 is 0. The van der Waals surface area contributed by atoms with Gasteiger partial charge in [0, 0.05) is 22.8 Å². The molecule has 0 amide bonds. The van der Waals surface area contributed by atoms with Crippen LogP contribution in [0.1, 0.15) is 18.2 Å². The Balaban J connectivity index is 2.14. The molecule has 2 aromatic heterocycles. The number of nitrogens with zero attached hydrogens (tertiary/aromatic N) is 3. The van der Waals surface area contributed by atoms with Gasteiger partial charge in [0.2, 0.25) is 10.9 Å². The minimum absolute atomic E-state index is 0.272. The molecule has 2 heterocycles. The smallest absolute Gasteiger partial charge is 0.270 e. The third kappa shape index (κ3) is 3.18. The molecule has 0 saturated carbocycles. The van der Waals surface area contributed by atoms with Crippen molar-refractivity contribution in [1.82, 2.24) is 15.0 Å². The summed E-state index contributed by atoms with van der Waals surface area (Å²) in [6.07, 6.45) is 1.41. The first-order valence-electron chi connectivity index (χ1n) is 7.32. The van der Waals surface area contributed by atoms with E-state index in [1.807, 2.05) is 19.1 Å². The number of thiol groups is 1. The molecular formula is C16H15FN4O2S. The number of anilines is 1. The lowest BCUT2D eigenvalue weighted by Gasteiger charge is -2.11. The summed E-state index contributed by atoms with van der Waals surface area (Å²) in [4.78, 5) is 11.7. The predicted molar refractivity (Wildman–Crippen MR) is 90.8 cm³/mol. The molecule has 1 N–H and O–H groups in total. The average molecular weight is 346 g/mol. The van der Waals surface area contributed by atoms with Gasteiger partial charge in [0.15, 0.2) is 0 Å². The number of rotatable bonds is 4. The topological polar surface area (TPSA) is 84.8 Å². The van der Waals surface area contributed by atoms with E-state index < -0.39 is 17.0 Å². The molecule has 0 saturated heterocycles. The molecule has 0 unspecified atom stereocenters. The summed E-state index contributed by atoms with van der Waals surface area (Å²) in [5.74, 6) is 0.272. The van der Waals surface area contributed by atoms with Crippen molar-refractivity contribution < 1.29 is 12.8 Å². The van der Waals surface area contributed by atoms with Crippen molar-refractivity contribution in [2.45, 2.75) is 20.3 Å². The maximum absolute atomic E-state index is 13.3. The van der Waals surface area contributed by atoms with Gasteiger partial charge in [0.05, 0.1) is 5.52 Å². The van der Waals surface area contributed by atoms with Crippen LogP contribution in [0.5, 0.6) is 0 Å². The third-order valence-corrected chi connectivity index (χ3v) is 4.13. The van der Waals surface area contributed by atoms with Crippen LogP contribution in [0.2, 0.25) is 0 Å². The molecule has 1 aromatic carbocycles. The van der Waals surface area contributed by atoms with Gasteiger partial charge in [-0.2, -0.15) is 4.39 Å². The van der Waals surface area contributed by atoms with Crippen molar-refractivity contribution in [3.05, 3.63) is 47.8 Å². The highest BCUT2D eigenvalue weighted by atomic mass is 32.2. The summed E-state index contributed by atoms with van der Waals surface area (Å²) in [6.45, 7) is 3.77. The predicted octanol–water partition coefficient (Wildman–Crippen LogP) is 2.64. The number of hydrogen-bond acceptors (Lipinski definition) is 5. The molecule has 3 rings (SSSR count). The Hall–Kier alpha value is -2.61. The van der Waals surface area contributed by atoms with E-state index in [9.17, 15) is 12.8 Å². The molecule has 0 aliphatic rings. The number of hydrogen-bond donors (Lipinski definition) is 2. The molecule has 3 aromatic rings. The van der Waals surface area contributed by atoms with Crippen LogP contribution in [0.3, 0.4) is 0 Å². The Labute approximate surface area is 139 Å². The summed E-state index contributed by atoms with van der Waals surface area (Å²) in [5.41, 5.74) is 3.95. The Morgan fingerprint density at radius 1 is 1.21 bits per heavy atom. The van der Waals surface area contributed by atoms with E-state index >= 15 is 0 Å². The number of aryl methyl sites for hydroxylation is 2. The second-order valence-corrected chi connectivity index (χ2v) is 6.00. The van der Waals surface area contributed by atoms with E-state index in [1.54, 1.807) is 19.1 Å². The van der Waals surface area contributed by atoms with Gasteiger partial charge in [-0.05, 0) is 48.7 Å². The number of benzene rings is 1. The highest BCUT2D eigenvalue weighted by Crippen LogP contribution is 2.29. The lowest BCUT2D eigenvalue weighted by atomic mass is 9.98. The SMILES string of the molecule is CCc1cc(-c2ccc(N[SH](=O)=O)nc2C)cc2cnc(F)nc12. The van der Waals surface area contributed by atoms with Crippen LogP contribution in [0.25, 0.3) is 22.0 Å². The Kier molecular flexibility index (Phi) is 4.39.